The third-order valence-corrected chi connectivity index (χ3v) is 5.34. The van der Waals surface area contributed by atoms with Crippen LogP contribution >= 0.6 is 0 Å². The summed E-state index contributed by atoms with van der Waals surface area (Å²) in [6.45, 7) is 8.78. The molecule has 2 aliphatic rings. The van der Waals surface area contributed by atoms with Crippen LogP contribution in [0, 0.1) is 19.8 Å². The molecule has 4 nitrogen and oxygen atoms in total. The SMILES string of the molecule is Cc1ccc(C)c(CN2CCCC(C(=O)NC3CCOCC3)C2)c1. The Morgan fingerprint density at radius 3 is 2.83 bits per heavy atom. The lowest BCUT2D eigenvalue weighted by atomic mass is 9.95. The Kier molecular flexibility index (Phi) is 5.90. The van der Waals surface area contributed by atoms with E-state index in [9.17, 15) is 4.79 Å². The molecule has 1 N–H and O–H groups in total. The predicted octanol–water partition coefficient (Wildman–Crippen LogP) is 2.81. The quantitative estimate of drug-likeness (QED) is 0.923. The average Bonchev–Trinajstić information content (AvgIpc) is 2.59. The van der Waals surface area contributed by atoms with Crippen LogP contribution in [0.15, 0.2) is 18.2 Å². The lowest BCUT2D eigenvalue weighted by molar-refractivity contribution is -0.128. The van der Waals surface area contributed by atoms with Crippen molar-refractivity contribution in [1.29, 1.82) is 0 Å². The number of rotatable bonds is 4. The van der Waals surface area contributed by atoms with E-state index < -0.39 is 0 Å². The minimum absolute atomic E-state index is 0.131. The van der Waals surface area contributed by atoms with Gasteiger partial charge in [0.15, 0.2) is 0 Å². The van der Waals surface area contributed by atoms with E-state index in [1.165, 1.54) is 16.7 Å². The first kappa shape index (κ1) is 17.4. The molecule has 0 spiro atoms. The van der Waals surface area contributed by atoms with Crippen molar-refractivity contribution in [2.45, 2.75) is 52.1 Å². The van der Waals surface area contributed by atoms with Gasteiger partial charge in [-0.2, -0.15) is 0 Å². The summed E-state index contributed by atoms with van der Waals surface area (Å²) in [6, 6.07) is 6.95. The summed E-state index contributed by atoms with van der Waals surface area (Å²) in [4.78, 5) is 15.1. The predicted molar refractivity (Wildman–Crippen MR) is 95.9 cm³/mol. The molecular formula is C20H30N2O2. The molecule has 2 fully saturated rings. The largest absolute Gasteiger partial charge is 0.381 e. The molecule has 0 aromatic heterocycles. The minimum Gasteiger partial charge on any atom is -0.381 e. The second-order valence-electron chi connectivity index (χ2n) is 7.40. The fraction of sp³-hybridized carbons (Fsp3) is 0.650. The van der Waals surface area contributed by atoms with Gasteiger partial charge in [0.05, 0.1) is 5.92 Å². The molecule has 0 aliphatic carbocycles. The van der Waals surface area contributed by atoms with Gasteiger partial charge in [0, 0.05) is 32.3 Å². The number of benzene rings is 1. The van der Waals surface area contributed by atoms with E-state index in [1.807, 2.05) is 0 Å². The topological polar surface area (TPSA) is 41.6 Å². The monoisotopic (exact) mass is 330 g/mol. The van der Waals surface area contributed by atoms with E-state index in [0.29, 0.717) is 6.04 Å². The molecule has 1 aromatic carbocycles. The molecule has 2 saturated heterocycles. The Morgan fingerprint density at radius 1 is 1.25 bits per heavy atom. The maximum absolute atomic E-state index is 12.6. The zero-order valence-corrected chi connectivity index (χ0v) is 15.0. The van der Waals surface area contributed by atoms with Gasteiger partial charge in [-0.05, 0) is 57.2 Å². The van der Waals surface area contributed by atoms with Crippen LogP contribution in [-0.2, 0) is 16.1 Å². The number of likely N-dealkylation sites (tertiary alicyclic amines) is 1. The van der Waals surface area contributed by atoms with Gasteiger partial charge < -0.3 is 10.1 Å². The molecule has 2 heterocycles. The average molecular weight is 330 g/mol. The third kappa shape index (κ3) is 4.58. The second kappa shape index (κ2) is 8.13. The summed E-state index contributed by atoms with van der Waals surface area (Å²) in [5.41, 5.74) is 4.04. The number of hydrogen-bond acceptors (Lipinski definition) is 3. The first-order valence-electron chi connectivity index (χ1n) is 9.28. The van der Waals surface area contributed by atoms with Crippen LogP contribution < -0.4 is 5.32 Å². The van der Waals surface area contributed by atoms with Crippen LogP contribution in [0.2, 0.25) is 0 Å². The number of carbonyl (C=O) groups is 1. The Morgan fingerprint density at radius 2 is 2.04 bits per heavy atom. The molecule has 3 rings (SSSR count). The lowest BCUT2D eigenvalue weighted by Crippen LogP contribution is -2.47. The zero-order chi connectivity index (χ0) is 16.9. The van der Waals surface area contributed by atoms with E-state index in [1.54, 1.807) is 0 Å². The van der Waals surface area contributed by atoms with Crippen molar-refractivity contribution in [3.63, 3.8) is 0 Å². The summed E-state index contributed by atoms with van der Waals surface area (Å²) < 4.78 is 5.37. The Balaban J connectivity index is 1.55. The number of aryl methyl sites for hydroxylation is 2. The number of nitrogens with zero attached hydrogens (tertiary/aromatic N) is 1. The van der Waals surface area contributed by atoms with Crippen molar-refractivity contribution in [2.24, 2.45) is 5.92 Å². The molecule has 4 heteroatoms. The van der Waals surface area contributed by atoms with Crippen LogP contribution in [0.4, 0.5) is 0 Å². The molecule has 0 radical (unpaired) electrons. The van der Waals surface area contributed by atoms with Crippen LogP contribution in [0.1, 0.15) is 42.4 Å². The molecule has 1 amide bonds. The molecular weight excluding hydrogens is 300 g/mol. The fourth-order valence-corrected chi connectivity index (χ4v) is 3.79. The highest BCUT2D eigenvalue weighted by atomic mass is 16.5. The Labute approximate surface area is 145 Å². The normalized spacial score (nSPS) is 23.2. The highest BCUT2D eigenvalue weighted by Crippen LogP contribution is 2.21. The number of ether oxygens (including phenoxy) is 1. The van der Waals surface area contributed by atoms with Gasteiger partial charge in [0.2, 0.25) is 5.91 Å². The summed E-state index contributed by atoms with van der Waals surface area (Å²) in [7, 11) is 0. The minimum atomic E-state index is 0.131. The standard InChI is InChI=1S/C20H30N2O2/c1-15-5-6-16(2)18(12-15)14-22-9-3-4-17(13-22)20(23)21-19-7-10-24-11-8-19/h5-6,12,17,19H,3-4,7-11,13-14H2,1-2H3,(H,21,23). The Hall–Kier alpha value is -1.39. The maximum Gasteiger partial charge on any atom is 0.224 e. The van der Waals surface area contributed by atoms with E-state index in [0.717, 1.165) is 58.5 Å². The molecule has 1 atom stereocenters. The van der Waals surface area contributed by atoms with Crippen LogP contribution in [0.25, 0.3) is 0 Å². The molecule has 2 aliphatic heterocycles. The number of carbonyl (C=O) groups excluding carboxylic acids is 1. The van der Waals surface area contributed by atoms with Gasteiger partial charge in [0.1, 0.15) is 0 Å². The van der Waals surface area contributed by atoms with Crippen molar-refractivity contribution in [3.05, 3.63) is 34.9 Å². The van der Waals surface area contributed by atoms with E-state index in [4.69, 9.17) is 4.74 Å². The maximum atomic E-state index is 12.6. The summed E-state index contributed by atoms with van der Waals surface area (Å²) in [6.07, 6.45) is 4.02. The lowest BCUT2D eigenvalue weighted by Gasteiger charge is -2.33. The number of amides is 1. The molecule has 1 unspecified atom stereocenters. The van der Waals surface area contributed by atoms with Crippen molar-refractivity contribution in [3.8, 4) is 0 Å². The van der Waals surface area contributed by atoms with Gasteiger partial charge in [0.25, 0.3) is 0 Å². The van der Waals surface area contributed by atoms with Gasteiger partial charge in [-0.15, -0.1) is 0 Å². The summed E-state index contributed by atoms with van der Waals surface area (Å²) in [5, 5.41) is 3.25. The van der Waals surface area contributed by atoms with E-state index in [2.05, 4.69) is 42.3 Å². The highest BCUT2D eigenvalue weighted by molar-refractivity contribution is 5.79. The fourth-order valence-electron chi connectivity index (χ4n) is 3.79. The van der Waals surface area contributed by atoms with Crippen LogP contribution in [0.3, 0.4) is 0 Å². The van der Waals surface area contributed by atoms with Crippen molar-refractivity contribution in [2.75, 3.05) is 26.3 Å². The smallest absolute Gasteiger partial charge is 0.224 e. The van der Waals surface area contributed by atoms with Gasteiger partial charge in [-0.25, -0.2) is 0 Å². The van der Waals surface area contributed by atoms with Crippen LogP contribution in [-0.4, -0.2) is 43.2 Å². The Bertz CT molecular complexity index is 567. The summed E-state index contributed by atoms with van der Waals surface area (Å²) in [5.74, 6) is 0.374. The third-order valence-electron chi connectivity index (χ3n) is 5.34. The van der Waals surface area contributed by atoms with Gasteiger partial charge >= 0.3 is 0 Å². The number of hydrogen-bond donors (Lipinski definition) is 1. The van der Waals surface area contributed by atoms with Gasteiger partial charge in [-0.3, -0.25) is 9.69 Å². The second-order valence-corrected chi connectivity index (χ2v) is 7.40. The van der Waals surface area contributed by atoms with E-state index in [-0.39, 0.29) is 11.8 Å². The molecule has 24 heavy (non-hydrogen) atoms. The van der Waals surface area contributed by atoms with Crippen molar-refractivity contribution < 1.29 is 9.53 Å². The van der Waals surface area contributed by atoms with Crippen molar-refractivity contribution >= 4 is 5.91 Å². The zero-order valence-electron chi connectivity index (χ0n) is 15.0. The van der Waals surface area contributed by atoms with Gasteiger partial charge in [-0.1, -0.05) is 23.8 Å². The van der Waals surface area contributed by atoms with Crippen LogP contribution in [0.5, 0.6) is 0 Å². The number of nitrogens with one attached hydrogen (secondary N) is 1. The number of piperidine rings is 1. The first-order valence-corrected chi connectivity index (χ1v) is 9.28. The summed E-state index contributed by atoms with van der Waals surface area (Å²) >= 11 is 0. The highest BCUT2D eigenvalue weighted by Gasteiger charge is 2.27. The molecule has 0 bridgehead atoms. The van der Waals surface area contributed by atoms with Crippen molar-refractivity contribution in [1.82, 2.24) is 10.2 Å². The molecule has 132 valence electrons. The molecule has 0 saturated carbocycles. The first-order chi connectivity index (χ1) is 11.6. The van der Waals surface area contributed by atoms with E-state index >= 15 is 0 Å². The molecule has 1 aromatic rings.